The zero-order valence-corrected chi connectivity index (χ0v) is 16.3. The number of morpholine rings is 1. The number of rotatable bonds is 11. The summed E-state index contributed by atoms with van der Waals surface area (Å²) < 4.78 is 10.7. The van der Waals surface area contributed by atoms with Crippen LogP contribution in [0.15, 0.2) is 4.99 Å². The first kappa shape index (κ1) is 20.4. The Labute approximate surface area is 153 Å². The van der Waals surface area contributed by atoms with Crippen LogP contribution in [0.5, 0.6) is 0 Å². The van der Waals surface area contributed by atoms with Crippen LogP contribution in [0.25, 0.3) is 0 Å². The number of guanidine groups is 1. The van der Waals surface area contributed by atoms with Gasteiger partial charge in [0.25, 0.3) is 0 Å². The first-order chi connectivity index (χ1) is 12.2. The zero-order valence-electron chi connectivity index (χ0n) is 16.3. The highest BCUT2D eigenvalue weighted by molar-refractivity contribution is 5.79. The number of nitrogens with one attached hydrogen (secondary N) is 2. The van der Waals surface area contributed by atoms with Gasteiger partial charge in [-0.1, -0.05) is 0 Å². The molecule has 1 heterocycles. The van der Waals surface area contributed by atoms with E-state index in [2.05, 4.69) is 34.3 Å². The first-order valence-electron chi connectivity index (χ1n) is 9.81. The van der Waals surface area contributed by atoms with Gasteiger partial charge in [0.2, 0.25) is 0 Å². The lowest BCUT2D eigenvalue weighted by Gasteiger charge is -2.31. The molecule has 0 bridgehead atoms. The van der Waals surface area contributed by atoms with Crippen LogP contribution >= 0.6 is 0 Å². The SMILES string of the molecule is CCNC(=NCC(C)N1CCOCC1)NCCN(CCOC)C1CC1. The molecule has 7 heteroatoms. The average Bonchev–Trinajstić information content (AvgIpc) is 3.48. The van der Waals surface area contributed by atoms with Gasteiger partial charge < -0.3 is 20.1 Å². The van der Waals surface area contributed by atoms with Crippen LogP contribution in [0.2, 0.25) is 0 Å². The second-order valence-electron chi connectivity index (χ2n) is 6.90. The quantitative estimate of drug-likeness (QED) is 0.413. The molecule has 0 amide bonds. The van der Waals surface area contributed by atoms with E-state index in [0.717, 1.165) is 77.6 Å². The largest absolute Gasteiger partial charge is 0.383 e. The van der Waals surface area contributed by atoms with Gasteiger partial charge in [-0.05, 0) is 26.7 Å². The van der Waals surface area contributed by atoms with Crippen molar-refractivity contribution in [3.8, 4) is 0 Å². The van der Waals surface area contributed by atoms with Gasteiger partial charge in [0, 0.05) is 58.5 Å². The average molecular weight is 356 g/mol. The Morgan fingerprint density at radius 1 is 1.28 bits per heavy atom. The minimum Gasteiger partial charge on any atom is -0.383 e. The topological polar surface area (TPSA) is 61.4 Å². The molecular weight excluding hydrogens is 318 g/mol. The first-order valence-corrected chi connectivity index (χ1v) is 9.81. The summed E-state index contributed by atoms with van der Waals surface area (Å²) in [6, 6.07) is 1.21. The van der Waals surface area contributed by atoms with Gasteiger partial charge in [-0.2, -0.15) is 0 Å². The maximum Gasteiger partial charge on any atom is 0.191 e. The Morgan fingerprint density at radius 3 is 2.68 bits per heavy atom. The van der Waals surface area contributed by atoms with Gasteiger partial charge in [-0.3, -0.25) is 14.8 Å². The fourth-order valence-electron chi connectivity index (χ4n) is 3.14. The number of ether oxygens (including phenoxy) is 2. The highest BCUT2D eigenvalue weighted by atomic mass is 16.5. The van der Waals surface area contributed by atoms with Crippen molar-refractivity contribution in [2.45, 2.75) is 38.8 Å². The summed E-state index contributed by atoms with van der Waals surface area (Å²) in [5, 5.41) is 6.84. The van der Waals surface area contributed by atoms with E-state index in [-0.39, 0.29) is 0 Å². The van der Waals surface area contributed by atoms with Crippen LogP contribution in [0.1, 0.15) is 26.7 Å². The molecule has 0 aromatic rings. The molecule has 7 nitrogen and oxygen atoms in total. The van der Waals surface area contributed by atoms with E-state index in [1.165, 1.54) is 12.8 Å². The number of nitrogens with zero attached hydrogens (tertiary/aromatic N) is 3. The Hall–Kier alpha value is -0.890. The molecule has 2 N–H and O–H groups in total. The molecule has 2 fully saturated rings. The summed E-state index contributed by atoms with van der Waals surface area (Å²) in [5.74, 6) is 0.921. The van der Waals surface area contributed by atoms with E-state index in [9.17, 15) is 0 Å². The lowest BCUT2D eigenvalue weighted by Crippen LogP contribution is -2.45. The fraction of sp³-hybridized carbons (Fsp3) is 0.944. The van der Waals surface area contributed by atoms with Crippen LogP contribution in [0, 0.1) is 0 Å². The summed E-state index contributed by atoms with van der Waals surface area (Å²) in [5.41, 5.74) is 0. The molecule has 146 valence electrons. The maximum atomic E-state index is 5.43. The highest BCUT2D eigenvalue weighted by Crippen LogP contribution is 2.25. The molecule has 0 spiro atoms. The number of hydrogen-bond donors (Lipinski definition) is 2. The number of aliphatic imine (C=N–C) groups is 1. The fourth-order valence-corrected chi connectivity index (χ4v) is 3.14. The molecule has 0 aromatic heterocycles. The Bertz CT molecular complexity index is 384. The van der Waals surface area contributed by atoms with Gasteiger partial charge >= 0.3 is 0 Å². The molecule has 1 saturated heterocycles. The molecule has 1 aliphatic heterocycles. The van der Waals surface area contributed by atoms with E-state index >= 15 is 0 Å². The third-order valence-corrected chi connectivity index (χ3v) is 4.86. The van der Waals surface area contributed by atoms with Gasteiger partial charge in [0.05, 0.1) is 26.4 Å². The summed E-state index contributed by atoms with van der Waals surface area (Å²) in [6.45, 7) is 13.5. The second kappa shape index (κ2) is 11.7. The van der Waals surface area contributed by atoms with Crippen molar-refractivity contribution in [1.82, 2.24) is 20.4 Å². The molecule has 1 unspecified atom stereocenters. The third-order valence-electron chi connectivity index (χ3n) is 4.86. The standard InChI is InChI=1S/C18H37N5O2/c1-4-19-18(21-15-16(2)22-10-13-25-14-11-22)20-7-8-23(9-12-24-3)17-5-6-17/h16-17H,4-15H2,1-3H3,(H2,19,20,21). The highest BCUT2D eigenvalue weighted by Gasteiger charge is 2.28. The van der Waals surface area contributed by atoms with Gasteiger partial charge in [0.15, 0.2) is 5.96 Å². The Balaban J connectivity index is 1.72. The van der Waals surface area contributed by atoms with Crippen LogP contribution < -0.4 is 10.6 Å². The second-order valence-corrected chi connectivity index (χ2v) is 6.90. The molecule has 0 aromatic carbocycles. The minimum absolute atomic E-state index is 0.448. The smallest absolute Gasteiger partial charge is 0.191 e. The molecule has 1 saturated carbocycles. The van der Waals surface area contributed by atoms with Crippen LogP contribution in [-0.2, 0) is 9.47 Å². The molecule has 1 aliphatic carbocycles. The molecule has 1 atom stereocenters. The molecule has 2 rings (SSSR count). The predicted octanol–water partition coefficient (Wildman–Crippen LogP) is 0.373. The van der Waals surface area contributed by atoms with E-state index in [0.29, 0.717) is 6.04 Å². The molecule has 25 heavy (non-hydrogen) atoms. The van der Waals surface area contributed by atoms with Crippen molar-refractivity contribution >= 4 is 5.96 Å². The van der Waals surface area contributed by atoms with E-state index in [1.54, 1.807) is 7.11 Å². The van der Waals surface area contributed by atoms with Crippen molar-refractivity contribution in [2.24, 2.45) is 4.99 Å². The van der Waals surface area contributed by atoms with Crippen molar-refractivity contribution < 1.29 is 9.47 Å². The molecular formula is C18H37N5O2. The van der Waals surface area contributed by atoms with Crippen molar-refractivity contribution in [1.29, 1.82) is 0 Å². The van der Waals surface area contributed by atoms with Gasteiger partial charge in [-0.15, -0.1) is 0 Å². The molecule has 0 radical (unpaired) electrons. The Morgan fingerprint density at radius 2 is 2.04 bits per heavy atom. The summed E-state index contributed by atoms with van der Waals surface area (Å²) in [4.78, 5) is 9.76. The normalized spacial score (nSPS) is 20.7. The lowest BCUT2D eigenvalue weighted by atomic mass is 10.2. The summed E-state index contributed by atoms with van der Waals surface area (Å²) in [6.07, 6.45) is 2.66. The molecule has 2 aliphatic rings. The summed E-state index contributed by atoms with van der Waals surface area (Å²) in [7, 11) is 1.77. The van der Waals surface area contributed by atoms with E-state index in [4.69, 9.17) is 14.5 Å². The monoisotopic (exact) mass is 355 g/mol. The van der Waals surface area contributed by atoms with E-state index < -0.39 is 0 Å². The predicted molar refractivity (Wildman–Crippen MR) is 102 cm³/mol. The van der Waals surface area contributed by atoms with Crippen molar-refractivity contribution in [3.63, 3.8) is 0 Å². The van der Waals surface area contributed by atoms with Gasteiger partial charge in [0.1, 0.15) is 0 Å². The van der Waals surface area contributed by atoms with Crippen molar-refractivity contribution in [3.05, 3.63) is 0 Å². The van der Waals surface area contributed by atoms with Crippen molar-refractivity contribution in [2.75, 3.05) is 72.7 Å². The summed E-state index contributed by atoms with van der Waals surface area (Å²) >= 11 is 0. The lowest BCUT2D eigenvalue weighted by molar-refractivity contribution is 0.0220. The number of hydrogen-bond acceptors (Lipinski definition) is 5. The van der Waals surface area contributed by atoms with Crippen LogP contribution in [0.3, 0.4) is 0 Å². The third kappa shape index (κ3) is 7.90. The zero-order chi connectivity index (χ0) is 17.9. The van der Waals surface area contributed by atoms with Crippen LogP contribution in [-0.4, -0.2) is 101 Å². The minimum atomic E-state index is 0.448. The number of methoxy groups -OCH3 is 1. The Kier molecular flexibility index (Phi) is 9.54. The van der Waals surface area contributed by atoms with Crippen LogP contribution in [0.4, 0.5) is 0 Å². The maximum absolute atomic E-state index is 5.43. The van der Waals surface area contributed by atoms with Gasteiger partial charge in [-0.25, -0.2) is 0 Å². The van der Waals surface area contributed by atoms with E-state index in [1.807, 2.05) is 0 Å².